The number of allylic oxidation sites excluding steroid dienone is 2. The van der Waals surface area contributed by atoms with E-state index >= 15 is 0 Å². The quantitative estimate of drug-likeness (QED) is 0.240. The fraction of sp³-hybridized carbons (Fsp3) is 0.591. The Morgan fingerprint density at radius 1 is 0.920 bits per heavy atom. The molecule has 0 aromatic heterocycles. The molecule has 140 valence electrons. The second-order valence-electron chi connectivity index (χ2n) is 6.53. The van der Waals surface area contributed by atoms with Crippen molar-refractivity contribution < 1.29 is 14.6 Å². The van der Waals surface area contributed by atoms with E-state index in [-0.39, 0.29) is 11.3 Å². The summed E-state index contributed by atoms with van der Waals surface area (Å²) in [6.45, 7) is 2.67. The van der Waals surface area contributed by atoms with Crippen molar-refractivity contribution >= 4 is 5.97 Å². The van der Waals surface area contributed by atoms with Gasteiger partial charge in [-0.3, -0.25) is 0 Å². The van der Waals surface area contributed by atoms with Crippen LogP contribution in [0.5, 0.6) is 5.75 Å². The molecular formula is C22H34O3. The molecule has 0 saturated heterocycles. The predicted octanol–water partition coefficient (Wildman–Crippen LogP) is 6.42. The largest absolute Gasteiger partial charge is 0.507 e. The van der Waals surface area contributed by atoms with Crippen LogP contribution in [0.15, 0.2) is 36.4 Å². The predicted molar refractivity (Wildman–Crippen MR) is 104 cm³/mol. The van der Waals surface area contributed by atoms with Crippen LogP contribution in [0.25, 0.3) is 0 Å². The number of para-hydroxylation sites is 1. The molecule has 0 amide bonds. The van der Waals surface area contributed by atoms with Gasteiger partial charge in [0.1, 0.15) is 11.3 Å². The summed E-state index contributed by atoms with van der Waals surface area (Å²) in [5.74, 6) is -0.465. The minimum atomic E-state index is -0.442. The maximum absolute atomic E-state index is 11.8. The van der Waals surface area contributed by atoms with Gasteiger partial charge in [-0.15, -0.1) is 0 Å². The highest BCUT2D eigenvalue weighted by atomic mass is 16.5. The van der Waals surface area contributed by atoms with E-state index in [2.05, 4.69) is 19.1 Å². The summed E-state index contributed by atoms with van der Waals surface area (Å²) in [6, 6.07) is 6.48. The Bertz CT molecular complexity index is 494. The van der Waals surface area contributed by atoms with Crippen LogP contribution >= 0.6 is 0 Å². The zero-order chi connectivity index (χ0) is 18.2. The van der Waals surface area contributed by atoms with Gasteiger partial charge in [0.05, 0.1) is 6.61 Å². The van der Waals surface area contributed by atoms with Crippen LogP contribution in [0.2, 0.25) is 0 Å². The van der Waals surface area contributed by atoms with E-state index in [4.69, 9.17) is 4.74 Å². The fourth-order valence-electron chi connectivity index (χ4n) is 2.71. The van der Waals surface area contributed by atoms with Crippen LogP contribution in [0.3, 0.4) is 0 Å². The van der Waals surface area contributed by atoms with Gasteiger partial charge in [0, 0.05) is 0 Å². The van der Waals surface area contributed by atoms with Crippen molar-refractivity contribution in [1.29, 1.82) is 0 Å². The van der Waals surface area contributed by atoms with E-state index < -0.39 is 5.97 Å². The van der Waals surface area contributed by atoms with E-state index in [1.54, 1.807) is 18.2 Å². The number of carbonyl (C=O) groups is 1. The zero-order valence-corrected chi connectivity index (χ0v) is 15.7. The van der Waals surface area contributed by atoms with Gasteiger partial charge in [-0.2, -0.15) is 0 Å². The number of unbranched alkanes of at least 4 members (excludes halogenated alkanes) is 9. The summed E-state index contributed by atoms with van der Waals surface area (Å²) in [5, 5.41) is 9.59. The first-order chi connectivity index (χ1) is 12.3. The molecule has 0 heterocycles. The monoisotopic (exact) mass is 346 g/mol. The van der Waals surface area contributed by atoms with E-state index in [1.807, 2.05) is 0 Å². The lowest BCUT2D eigenvalue weighted by atomic mass is 10.1. The molecule has 0 radical (unpaired) electrons. The number of phenols is 1. The Kier molecular flexibility index (Phi) is 12.4. The first kappa shape index (κ1) is 21.3. The molecule has 1 rings (SSSR count). The Morgan fingerprint density at radius 2 is 1.52 bits per heavy atom. The number of ether oxygens (including phenoxy) is 1. The van der Waals surface area contributed by atoms with Crippen molar-refractivity contribution in [3.63, 3.8) is 0 Å². The van der Waals surface area contributed by atoms with Gasteiger partial charge in [-0.05, 0) is 44.2 Å². The lowest BCUT2D eigenvalue weighted by molar-refractivity contribution is 0.0494. The lowest BCUT2D eigenvalue weighted by Crippen LogP contribution is -2.06. The SMILES string of the molecule is CCCCCCC=CCCCCCCCOC(=O)c1ccccc1O. The number of hydrogen-bond donors (Lipinski definition) is 1. The Hall–Kier alpha value is -1.77. The van der Waals surface area contributed by atoms with Gasteiger partial charge >= 0.3 is 5.97 Å². The van der Waals surface area contributed by atoms with Crippen molar-refractivity contribution in [3.05, 3.63) is 42.0 Å². The average molecular weight is 347 g/mol. The van der Waals surface area contributed by atoms with E-state index in [1.165, 1.54) is 63.9 Å². The molecule has 0 fully saturated rings. The van der Waals surface area contributed by atoms with E-state index in [0.29, 0.717) is 6.61 Å². The van der Waals surface area contributed by atoms with E-state index in [9.17, 15) is 9.90 Å². The molecule has 1 N–H and O–H groups in total. The van der Waals surface area contributed by atoms with Crippen LogP contribution in [0.4, 0.5) is 0 Å². The molecule has 0 aliphatic carbocycles. The Balaban J connectivity index is 1.91. The van der Waals surface area contributed by atoms with Crippen LogP contribution in [0, 0.1) is 0 Å². The third-order valence-corrected chi connectivity index (χ3v) is 4.26. The molecule has 3 nitrogen and oxygen atoms in total. The summed E-state index contributed by atoms with van der Waals surface area (Å²) in [7, 11) is 0. The van der Waals surface area contributed by atoms with Gasteiger partial charge in [0.25, 0.3) is 0 Å². The van der Waals surface area contributed by atoms with Crippen molar-refractivity contribution in [2.45, 2.75) is 77.6 Å². The Morgan fingerprint density at radius 3 is 2.20 bits per heavy atom. The second-order valence-corrected chi connectivity index (χ2v) is 6.53. The minimum absolute atomic E-state index is 0.0223. The summed E-state index contributed by atoms with van der Waals surface area (Å²) >= 11 is 0. The topological polar surface area (TPSA) is 46.5 Å². The maximum atomic E-state index is 11.8. The van der Waals surface area contributed by atoms with Crippen molar-refractivity contribution in [2.75, 3.05) is 6.61 Å². The summed E-state index contributed by atoms with van der Waals surface area (Å²) in [4.78, 5) is 11.8. The number of hydrogen-bond acceptors (Lipinski definition) is 3. The smallest absolute Gasteiger partial charge is 0.341 e. The second kappa shape index (κ2) is 14.6. The molecule has 0 saturated carbocycles. The van der Waals surface area contributed by atoms with Crippen molar-refractivity contribution in [3.8, 4) is 5.75 Å². The Labute approximate surface area is 153 Å². The summed E-state index contributed by atoms with van der Waals surface area (Å²) < 4.78 is 5.20. The molecule has 1 aromatic rings. The van der Waals surface area contributed by atoms with Gasteiger partial charge in [0.15, 0.2) is 0 Å². The van der Waals surface area contributed by atoms with Crippen molar-refractivity contribution in [2.24, 2.45) is 0 Å². The summed E-state index contributed by atoms with van der Waals surface area (Å²) in [6.07, 6.45) is 18.0. The van der Waals surface area contributed by atoms with Gasteiger partial charge in [-0.25, -0.2) is 4.79 Å². The van der Waals surface area contributed by atoms with Crippen molar-refractivity contribution in [1.82, 2.24) is 0 Å². The lowest BCUT2D eigenvalue weighted by Gasteiger charge is -2.06. The molecule has 0 spiro atoms. The molecule has 0 unspecified atom stereocenters. The molecule has 25 heavy (non-hydrogen) atoms. The van der Waals surface area contributed by atoms with Crippen LogP contribution in [0.1, 0.15) is 87.9 Å². The molecule has 1 aromatic carbocycles. The highest BCUT2D eigenvalue weighted by Crippen LogP contribution is 2.16. The third kappa shape index (κ3) is 10.6. The molecule has 3 heteroatoms. The minimum Gasteiger partial charge on any atom is -0.507 e. The number of carbonyl (C=O) groups excluding carboxylic acids is 1. The molecule has 0 atom stereocenters. The summed E-state index contributed by atoms with van der Waals surface area (Å²) in [5.41, 5.74) is 0.240. The maximum Gasteiger partial charge on any atom is 0.341 e. The standard InChI is InChI=1S/C22H34O3/c1-2-3-4-5-6-7-8-9-10-11-12-13-16-19-25-22(24)20-17-14-15-18-21(20)23/h7-8,14-15,17-18,23H,2-6,9-13,16,19H2,1H3. The number of benzene rings is 1. The van der Waals surface area contributed by atoms with Crippen LogP contribution in [-0.2, 0) is 4.74 Å². The highest BCUT2D eigenvalue weighted by Gasteiger charge is 2.10. The van der Waals surface area contributed by atoms with Crippen LogP contribution < -0.4 is 0 Å². The molecule has 0 aliphatic heterocycles. The van der Waals surface area contributed by atoms with E-state index in [0.717, 1.165) is 12.8 Å². The number of rotatable bonds is 14. The van der Waals surface area contributed by atoms with Gasteiger partial charge in [-0.1, -0.05) is 69.7 Å². The fourth-order valence-corrected chi connectivity index (χ4v) is 2.71. The first-order valence-corrected chi connectivity index (χ1v) is 9.85. The molecular weight excluding hydrogens is 312 g/mol. The molecule has 0 bridgehead atoms. The number of esters is 1. The van der Waals surface area contributed by atoms with Gasteiger partial charge < -0.3 is 9.84 Å². The highest BCUT2D eigenvalue weighted by molar-refractivity contribution is 5.92. The molecule has 0 aliphatic rings. The number of aromatic hydroxyl groups is 1. The number of phenolic OH excluding ortho intramolecular Hbond substituents is 1. The average Bonchev–Trinajstić information content (AvgIpc) is 2.62. The normalized spacial score (nSPS) is 11.1. The van der Waals surface area contributed by atoms with Gasteiger partial charge in [0.2, 0.25) is 0 Å². The third-order valence-electron chi connectivity index (χ3n) is 4.26. The first-order valence-electron chi connectivity index (χ1n) is 9.85. The zero-order valence-electron chi connectivity index (χ0n) is 15.7. The van der Waals surface area contributed by atoms with Crippen LogP contribution in [-0.4, -0.2) is 17.7 Å².